The molecule has 2 amide bonds. The van der Waals surface area contributed by atoms with E-state index < -0.39 is 0 Å². The van der Waals surface area contributed by atoms with Crippen molar-refractivity contribution in [1.29, 1.82) is 0 Å². The first-order chi connectivity index (χ1) is 13.7. The summed E-state index contributed by atoms with van der Waals surface area (Å²) >= 11 is 0. The molecular formula is C23H32N3O3+. The average molecular weight is 399 g/mol. The number of methoxy groups -OCH3 is 1. The summed E-state index contributed by atoms with van der Waals surface area (Å²) in [5, 5.41) is 2.99. The van der Waals surface area contributed by atoms with Gasteiger partial charge in [0.1, 0.15) is 5.75 Å². The van der Waals surface area contributed by atoms with E-state index in [1.165, 1.54) is 5.56 Å². The van der Waals surface area contributed by atoms with Gasteiger partial charge in [-0.15, -0.1) is 0 Å². The van der Waals surface area contributed by atoms with Gasteiger partial charge < -0.3 is 19.9 Å². The van der Waals surface area contributed by atoms with Gasteiger partial charge in [0.2, 0.25) is 0 Å². The Balaban J connectivity index is 1.88. The second-order valence-electron chi connectivity index (χ2n) is 7.73. The average Bonchev–Trinajstić information content (AvgIpc) is 2.64. The van der Waals surface area contributed by atoms with Crippen LogP contribution >= 0.6 is 0 Å². The van der Waals surface area contributed by atoms with Crippen LogP contribution in [0, 0.1) is 20.8 Å². The van der Waals surface area contributed by atoms with Crippen LogP contribution in [0.15, 0.2) is 36.4 Å². The van der Waals surface area contributed by atoms with E-state index >= 15 is 0 Å². The van der Waals surface area contributed by atoms with E-state index in [0.717, 1.165) is 33.0 Å². The highest BCUT2D eigenvalue weighted by Gasteiger charge is 2.18. The van der Waals surface area contributed by atoms with Crippen LogP contribution in [0.5, 0.6) is 5.75 Å². The van der Waals surface area contributed by atoms with Gasteiger partial charge in [-0.3, -0.25) is 9.59 Å². The molecule has 0 heterocycles. The molecule has 2 aromatic rings. The number of rotatable bonds is 8. The number of hydrogen-bond donors (Lipinski definition) is 2. The number of nitrogens with one attached hydrogen (secondary N) is 2. The first-order valence-electron chi connectivity index (χ1n) is 9.75. The van der Waals surface area contributed by atoms with Crippen molar-refractivity contribution in [2.45, 2.75) is 27.3 Å². The first kappa shape index (κ1) is 22.4. The number of quaternary nitrogens is 1. The number of carbonyl (C=O) groups excluding carboxylic acids is 2. The van der Waals surface area contributed by atoms with Crippen molar-refractivity contribution in [2.75, 3.05) is 39.6 Å². The fraction of sp³-hybridized carbons (Fsp3) is 0.391. The largest absolute Gasteiger partial charge is 0.497 e. The molecule has 0 saturated heterocycles. The Morgan fingerprint density at radius 2 is 1.72 bits per heavy atom. The Kier molecular flexibility index (Phi) is 7.79. The van der Waals surface area contributed by atoms with Crippen LogP contribution < -0.4 is 15.0 Å². The molecule has 0 bridgehead atoms. The standard InChI is InChI=1S/C23H31N3O3/c1-16-10-17(2)23(18(3)11-16)24-21(27)14-25(4)15-22(28)26(5)13-19-8-7-9-20(12-19)29-6/h7-12H,13-15H2,1-6H3,(H,24,27)/p+1. The quantitative estimate of drug-likeness (QED) is 0.712. The summed E-state index contributed by atoms with van der Waals surface area (Å²) in [6.45, 7) is 6.99. The van der Waals surface area contributed by atoms with Crippen molar-refractivity contribution >= 4 is 17.5 Å². The zero-order valence-corrected chi connectivity index (χ0v) is 18.3. The highest BCUT2D eigenvalue weighted by Crippen LogP contribution is 2.21. The van der Waals surface area contributed by atoms with Crippen molar-refractivity contribution in [1.82, 2.24) is 4.90 Å². The van der Waals surface area contributed by atoms with Crippen molar-refractivity contribution < 1.29 is 19.2 Å². The highest BCUT2D eigenvalue weighted by molar-refractivity contribution is 5.93. The van der Waals surface area contributed by atoms with Gasteiger partial charge in [0.15, 0.2) is 13.1 Å². The number of hydrogen-bond acceptors (Lipinski definition) is 3. The number of ether oxygens (including phenoxy) is 1. The summed E-state index contributed by atoms with van der Waals surface area (Å²) in [4.78, 5) is 27.5. The highest BCUT2D eigenvalue weighted by atomic mass is 16.5. The second kappa shape index (κ2) is 10.1. The summed E-state index contributed by atoms with van der Waals surface area (Å²) in [5.74, 6) is 0.658. The lowest BCUT2D eigenvalue weighted by atomic mass is 10.1. The summed E-state index contributed by atoms with van der Waals surface area (Å²) in [7, 11) is 5.25. The number of benzene rings is 2. The Morgan fingerprint density at radius 1 is 1.07 bits per heavy atom. The third kappa shape index (κ3) is 6.61. The van der Waals surface area contributed by atoms with Gasteiger partial charge in [-0.05, 0) is 49.6 Å². The number of aryl methyl sites for hydroxylation is 3. The molecule has 0 aliphatic rings. The Morgan fingerprint density at radius 3 is 2.34 bits per heavy atom. The fourth-order valence-corrected chi connectivity index (χ4v) is 3.42. The molecule has 156 valence electrons. The van der Waals surface area contributed by atoms with E-state index in [1.54, 1.807) is 19.1 Å². The minimum absolute atomic E-state index is 0.0131. The van der Waals surface area contributed by atoms with E-state index in [0.29, 0.717) is 6.54 Å². The molecule has 0 aliphatic heterocycles. The third-order valence-corrected chi connectivity index (χ3v) is 4.84. The molecule has 1 atom stereocenters. The molecule has 0 aliphatic carbocycles. The first-order valence-corrected chi connectivity index (χ1v) is 9.75. The van der Waals surface area contributed by atoms with Gasteiger partial charge in [0, 0.05) is 19.3 Å². The van der Waals surface area contributed by atoms with Crippen LogP contribution in [-0.4, -0.2) is 51.0 Å². The predicted molar refractivity (Wildman–Crippen MR) is 115 cm³/mol. The molecule has 6 heteroatoms. The summed E-state index contributed by atoms with van der Waals surface area (Å²) in [6.07, 6.45) is 0. The maximum atomic E-state index is 12.5. The third-order valence-electron chi connectivity index (χ3n) is 4.84. The van der Waals surface area contributed by atoms with Crippen LogP contribution in [-0.2, 0) is 16.1 Å². The minimum Gasteiger partial charge on any atom is -0.497 e. The smallest absolute Gasteiger partial charge is 0.279 e. The molecule has 0 spiro atoms. The Bertz CT molecular complexity index is 856. The van der Waals surface area contributed by atoms with Crippen molar-refractivity contribution in [3.05, 3.63) is 58.7 Å². The van der Waals surface area contributed by atoms with E-state index in [9.17, 15) is 9.59 Å². The van der Waals surface area contributed by atoms with Gasteiger partial charge in [-0.25, -0.2) is 0 Å². The fourth-order valence-electron chi connectivity index (χ4n) is 3.42. The topological polar surface area (TPSA) is 63.1 Å². The zero-order chi connectivity index (χ0) is 21.6. The normalized spacial score (nSPS) is 11.7. The van der Waals surface area contributed by atoms with Gasteiger partial charge >= 0.3 is 0 Å². The minimum atomic E-state index is -0.0965. The summed E-state index contributed by atoms with van der Waals surface area (Å²) in [5.41, 5.74) is 5.12. The number of carbonyl (C=O) groups is 2. The Hall–Kier alpha value is -2.86. The van der Waals surface area contributed by atoms with E-state index in [1.807, 2.05) is 52.1 Å². The molecule has 2 N–H and O–H groups in total. The molecule has 0 saturated carbocycles. The number of nitrogens with zero attached hydrogens (tertiary/aromatic N) is 1. The number of amides is 2. The number of likely N-dealkylation sites (N-methyl/N-ethyl adjacent to an activating group) is 2. The molecule has 0 radical (unpaired) electrons. The molecule has 6 nitrogen and oxygen atoms in total. The predicted octanol–water partition coefficient (Wildman–Crippen LogP) is 1.73. The van der Waals surface area contributed by atoms with Crippen LogP contribution in [0.2, 0.25) is 0 Å². The lowest BCUT2D eigenvalue weighted by molar-refractivity contribution is -0.862. The van der Waals surface area contributed by atoms with Crippen molar-refractivity contribution in [3.63, 3.8) is 0 Å². The van der Waals surface area contributed by atoms with Gasteiger partial charge in [0.05, 0.1) is 14.2 Å². The SMILES string of the molecule is COc1cccc(CN(C)C(=O)C[NH+](C)CC(=O)Nc2c(C)cc(C)cc2C)c1. The zero-order valence-electron chi connectivity index (χ0n) is 18.3. The summed E-state index contributed by atoms with van der Waals surface area (Å²) in [6, 6.07) is 11.8. The maximum absolute atomic E-state index is 12.5. The lowest BCUT2D eigenvalue weighted by Crippen LogP contribution is -3.11. The van der Waals surface area contributed by atoms with Crippen LogP contribution in [0.25, 0.3) is 0 Å². The molecule has 0 aromatic heterocycles. The molecule has 2 rings (SSSR count). The van der Waals surface area contributed by atoms with Crippen LogP contribution in [0.1, 0.15) is 22.3 Å². The molecule has 1 unspecified atom stereocenters. The van der Waals surface area contributed by atoms with Gasteiger partial charge in [0.25, 0.3) is 11.8 Å². The summed E-state index contributed by atoms with van der Waals surface area (Å²) < 4.78 is 5.23. The van der Waals surface area contributed by atoms with Crippen LogP contribution in [0.3, 0.4) is 0 Å². The molecule has 2 aromatic carbocycles. The van der Waals surface area contributed by atoms with Crippen molar-refractivity contribution in [2.24, 2.45) is 0 Å². The van der Waals surface area contributed by atoms with E-state index in [4.69, 9.17) is 4.74 Å². The van der Waals surface area contributed by atoms with Crippen LogP contribution in [0.4, 0.5) is 5.69 Å². The molecule has 29 heavy (non-hydrogen) atoms. The Labute approximate surface area is 173 Å². The van der Waals surface area contributed by atoms with Gasteiger partial charge in [-0.1, -0.05) is 29.8 Å². The second-order valence-corrected chi connectivity index (χ2v) is 7.73. The lowest BCUT2D eigenvalue weighted by Gasteiger charge is -2.20. The van der Waals surface area contributed by atoms with Crippen molar-refractivity contribution in [3.8, 4) is 5.75 Å². The monoisotopic (exact) mass is 398 g/mol. The van der Waals surface area contributed by atoms with Gasteiger partial charge in [-0.2, -0.15) is 0 Å². The van der Waals surface area contributed by atoms with E-state index in [2.05, 4.69) is 17.4 Å². The number of anilines is 1. The molecular weight excluding hydrogens is 366 g/mol. The van der Waals surface area contributed by atoms with E-state index in [-0.39, 0.29) is 24.9 Å². The maximum Gasteiger partial charge on any atom is 0.279 e. The molecule has 0 fully saturated rings.